The Labute approximate surface area is 158 Å². The third-order valence-electron chi connectivity index (χ3n) is 5.58. The van der Waals surface area contributed by atoms with Crippen LogP contribution in [0.2, 0.25) is 0 Å². The van der Waals surface area contributed by atoms with Gasteiger partial charge in [-0.15, -0.1) is 0 Å². The third-order valence-corrected chi connectivity index (χ3v) is 5.58. The number of carbonyl (C=O) groups excluding carboxylic acids is 1. The van der Waals surface area contributed by atoms with E-state index >= 15 is 0 Å². The molecule has 136 valence electrons. The number of nitrogens with one attached hydrogen (secondary N) is 2. The van der Waals surface area contributed by atoms with Crippen molar-refractivity contribution >= 4 is 22.5 Å². The molecule has 4 rings (SSSR count). The number of fused-ring (bicyclic) bond motifs is 1. The molecule has 1 aromatic heterocycles. The van der Waals surface area contributed by atoms with Crippen LogP contribution in [0.25, 0.3) is 10.9 Å². The molecule has 0 spiro atoms. The summed E-state index contributed by atoms with van der Waals surface area (Å²) in [4.78, 5) is 12.3. The summed E-state index contributed by atoms with van der Waals surface area (Å²) in [6, 6.07) is 15.4. The van der Waals surface area contributed by atoms with Gasteiger partial charge in [-0.2, -0.15) is 10.4 Å². The average molecular weight is 358 g/mol. The van der Waals surface area contributed by atoms with Crippen LogP contribution in [0.5, 0.6) is 0 Å². The standard InChI is InChI=1S/C22H22N4O/c23-13-16-6-10-18(11-7-16)25-22(27)12-15-4-8-17(9-5-15)19-2-1-3-21-20(19)14-24-26-21/h1-3,6-7,10-11,14-15,17H,4-5,8-9,12H2,(H,24,26)(H,25,27). The first-order chi connectivity index (χ1) is 13.2. The maximum atomic E-state index is 12.3. The van der Waals surface area contributed by atoms with E-state index in [4.69, 9.17) is 5.26 Å². The molecule has 1 saturated carbocycles. The summed E-state index contributed by atoms with van der Waals surface area (Å²) < 4.78 is 0. The van der Waals surface area contributed by atoms with Gasteiger partial charge < -0.3 is 5.32 Å². The van der Waals surface area contributed by atoms with Crippen molar-refractivity contribution in [2.24, 2.45) is 5.92 Å². The zero-order valence-corrected chi connectivity index (χ0v) is 15.1. The third kappa shape index (κ3) is 3.85. The fourth-order valence-electron chi connectivity index (χ4n) is 4.13. The number of nitriles is 1. The van der Waals surface area contributed by atoms with Gasteiger partial charge in [0.25, 0.3) is 0 Å². The Kier molecular flexibility index (Phi) is 4.88. The van der Waals surface area contributed by atoms with E-state index in [1.54, 1.807) is 24.3 Å². The molecule has 27 heavy (non-hydrogen) atoms. The summed E-state index contributed by atoms with van der Waals surface area (Å²) in [7, 11) is 0. The topological polar surface area (TPSA) is 81.6 Å². The van der Waals surface area contributed by atoms with E-state index in [-0.39, 0.29) is 5.91 Å². The minimum absolute atomic E-state index is 0.0556. The number of benzene rings is 2. The maximum Gasteiger partial charge on any atom is 0.224 e. The highest BCUT2D eigenvalue weighted by atomic mass is 16.1. The van der Waals surface area contributed by atoms with Crippen LogP contribution in [0.4, 0.5) is 5.69 Å². The number of aromatic amines is 1. The highest BCUT2D eigenvalue weighted by Gasteiger charge is 2.25. The molecule has 1 amide bonds. The van der Waals surface area contributed by atoms with Crippen molar-refractivity contribution < 1.29 is 4.79 Å². The Bertz CT molecular complexity index is 975. The summed E-state index contributed by atoms with van der Waals surface area (Å²) in [5.41, 5.74) is 3.82. The van der Waals surface area contributed by atoms with Crippen LogP contribution in [0.1, 0.15) is 49.1 Å². The largest absolute Gasteiger partial charge is 0.326 e. The molecule has 2 N–H and O–H groups in total. The Balaban J connectivity index is 1.32. The molecule has 0 atom stereocenters. The lowest BCUT2D eigenvalue weighted by atomic mass is 9.77. The number of hydrogen-bond donors (Lipinski definition) is 2. The molecule has 0 unspecified atom stereocenters. The molecule has 0 bridgehead atoms. The van der Waals surface area contributed by atoms with Crippen LogP contribution in [0, 0.1) is 17.2 Å². The highest BCUT2D eigenvalue weighted by Crippen LogP contribution is 2.39. The van der Waals surface area contributed by atoms with E-state index in [1.807, 2.05) is 6.20 Å². The van der Waals surface area contributed by atoms with Gasteiger partial charge in [0, 0.05) is 17.5 Å². The van der Waals surface area contributed by atoms with Crippen LogP contribution < -0.4 is 5.32 Å². The van der Waals surface area contributed by atoms with Crippen LogP contribution in [0.15, 0.2) is 48.7 Å². The molecule has 1 fully saturated rings. The van der Waals surface area contributed by atoms with E-state index in [0.717, 1.165) is 36.9 Å². The second-order valence-corrected chi connectivity index (χ2v) is 7.34. The lowest BCUT2D eigenvalue weighted by molar-refractivity contribution is -0.117. The minimum atomic E-state index is 0.0556. The number of H-pyrrole nitrogens is 1. The Hall–Kier alpha value is -3.13. The van der Waals surface area contributed by atoms with Crippen LogP contribution in [-0.2, 0) is 4.79 Å². The normalized spacial score (nSPS) is 19.5. The van der Waals surface area contributed by atoms with Gasteiger partial charge in [-0.1, -0.05) is 12.1 Å². The number of rotatable bonds is 4. The minimum Gasteiger partial charge on any atom is -0.326 e. The quantitative estimate of drug-likeness (QED) is 0.707. The summed E-state index contributed by atoms with van der Waals surface area (Å²) in [5, 5.41) is 20.2. The number of carbonyl (C=O) groups is 1. The summed E-state index contributed by atoms with van der Waals surface area (Å²) in [6.07, 6.45) is 6.84. The monoisotopic (exact) mass is 358 g/mol. The smallest absolute Gasteiger partial charge is 0.224 e. The van der Waals surface area contributed by atoms with Crippen LogP contribution in [-0.4, -0.2) is 16.1 Å². The van der Waals surface area contributed by atoms with Crippen molar-refractivity contribution in [1.82, 2.24) is 10.2 Å². The number of nitrogens with zero attached hydrogens (tertiary/aromatic N) is 2. The molecule has 2 aromatic carbocycles. The average Bonchev–Trinajstić information content (AvgIpc) is 3.18. The van der Waals surface area contributed by atoms with Gasteiger partial charge in [-0.3, -0.25) is 9.89 Å². The zero-order valence-electron chi connectivity index (χ0n) is 15.1. The second kappa shape index (κ2) is 7.63. The van der Waals surface area contributed by atoms with Gasteiger partial charge in [0.15, 0.2) is 0 Å². The fraction of sp³-hybridized carbons (Fsp3) is 0.318. The fourth-order valence-corrected chi connectivity index (χ4v) is 4.13. The van der Waals surface area contributed by atoms with E-state index in [0.29, 0.717) is 23.8 Å². The number of amides is 1. The lowest BCUT2D eigenvalue weighted by Gasteiger charge is -2.28. The van der Waals surface area contributed by atoms with E-state index in [9.17, 15) is 4.79 Å². The van der Waals surface area contributed by atoms with E-state index in [2.05, 4.69) is 39.8 Å². The molecule has 5 nitrogen and oxygen atoms in total. The lowest BCUT2D eigenvalue weighted by Crippen LogP contribution is -2.20. The predicted molar refractivity (Wildman–Crippen MR) is 105 cm³/mol. The highest BCUT2D eigenvalue weighted by molar-refractivity contribution is 5.90. The molecular formula is C22H22N4O. The second-order valence-electron chi connectivity index (χ2n) is 7.34. The molecule has 1 aliphatic carbocycles. The van der Waals surface area contributed by atoms with Gasteiger partial charge in [-0.05, 0) is 73.4 Å². The molecule has 0 aliphatic heterocycles. The molecule has 0 saturated heterocycles. The number of anilines is 1. The molecule has 1 heterocycles. The first kappa shape index (κ1) is 17.3. The summed E-state index contributed by atoms with van der Waals surface area (Å²) in [5.74, 6) is 1.03. The molecule has 5 heteroatoms. The Morgan fingerprint density at radius 1 is 1.15 bits per heavy atom. The Morgan fingerprint density at radius 3 is 2.67 bits per heavy atom. The first-order valence-corrected chi connectivity index (χ1v) is 9.45. The van der Waals surface area contributed by atoms with Crippen molar-refractivity contribution in [2.45, 2.75) is 38.0 Å². The van der Waals surface area contributed by atoms with Gasteiger partial charge in [0.2, 0.25) is 5.91 Å². The maximum absolute atomic E-state index is 12.3. The zero-order chi connectivity index (χ0) is 18.6. The van der Waals surface area contributed by atoms with Crippen molar-refractivity contribution in [3.8, 4) is 6.07 Å². The van der Waals surface area contributed by atoms with Crippen molar-refractivity contribution in [3.63, 3.8) is 0 Å². The van der Waals surface area contributed by atoms with Gasteiger partial charge in [0.1, 0.15) is 0 Å². The van der Waals surface area contributed by atoms with Gasteiger partial charge in [-0.25, -0.2) is 0 Å². The van der Waals surface area contributed by atoms with E-state index < -0.39 is 0 Å². The molecule has 3 aromatic rings. The number of hydrogen-bond acceptors (Lipinski definition) is 3. The summed E-state index contributed by atoms with van der Waals surface area (Å²) >= 11 is 0. The van der Waals surface area contributed by atoms with Crippen molar-refractivity contribution in [1.29, 1.82) is 5.26 Å². The van der Waals surface area contributed by atoms with E-state index in [1.165, 1.54) is 10.9 Å². The molecule has 1 aliphatic rings. The molecule has 0 radical (unpaired) electrons. The predicted octanol–water partition coefficient (Wildman–Crippen LogP) is 4.74. The van der Waals surface area contributed by atoms with Gasteiger partial charge >= 0.3 is 0 Å². The van der Waals surface area contributed by atoms with Gasteiger partial charge in [0.05, 0.1) is 23.3 Å². The van der Waals surface area contributed by atoms with Crippen LogP contribution in [0.3, 0.4) is 0 Å². The molecular weight excluding hydrogens is 336 g/mol. The van der Waals surface area contributed by atoms with Crippen molar-refractivity contribution in [3.05, 3.63) is 59.8 Å². The SMILES string of the molecule is N#Cc1ccc(NC(=O)CC2CCC(c3cccc4[nH]ncc34)CC2)cc1. The van der Waals surface area contributed by atoms with Crippen molar-refractivity contribution in [2.75, 3.05) is 5.32 Å². The van der Waals surface area contributed by atoms with Crippen LogP contribution >= 0.6 is 0 Å². The number of aromatic nitrogens is 2. The summed E-state index contributed by atoms with van der Waals surface area (Å²) in [6.45, 7) is 0. The first-order valence-electron chi connectivity index (χ1n) is 9.45. The Morgan fingerprint density at radius 2 is 1.93 bits per heavy atom.